The molecule has 1 saturated heterocycles. The number of ether oxygens (including phenoxy) is 3. The number of amides is 2. The summed E-state index contributed by atoms with van der Waals surface area (Å²) in [5.41, 5.74) is 1.75. The second kappa shape index (κ2) is 10.4. The topological polar surface area (TPSA) is 114 Å². The summed E-state index contributed by atoms with van der Waals surface area (Å²) >= 11 is 0. The molecule has 1 aliphatic heterocycles. The third kappa shape index (κ3) is 4.84. The van der Waals surface area contributed by atoms with Gasteiger partial charge in [-0.1, -0.05) is 6.07 Å². The van der Waals surface area contributed by atoms with Gasteiger partial charge in [-0.2, -0.15) is 0 Å². The van der Waals surface area contributed by atoms with Crippen LogP contribution in [-0.4, -0.2) is 44.0 Å². The third-order valence-corrected chi connectivity index (χ3v) is 6.00. The zero-order chi connectivity index (χ0) is 26.7. The minimum absolute atomic E-state index is 0.0756. The van der Waals surface area contributed by atoms with Gasteiger partial charge in [0, 0.05) is 23.9 Å². The number of ketones is 1. The van der Waals surface area contributed by atoms with Crippen LogP contribution in [0.4, 0.5) is 11.4 Å². The summed E-state index contributed by atoms with van der Waals surface area (Å²) in [6.45, 7) is 1.39. The number of hydrogen-bond acceptors (Lipinski definition) is 7. The molecule has 3 aromatic carbocycles. The number of carbonyl (C=O) groups excluding carboxylic acids is 3. The Morgan fingerprint density at radius 2 is 1.51 bits per heavy atom. The number of nitrogens with zero attached hydrogens (tertiary/aromatic N) is 1. The molecule has 2 amide bonds. The van der Waals surface area contributed by atoms with E-state index in [0.29, 0.717) is 39.8 Å². The molecule has 4 rings (SSSR count). The first-order valence-corrected chi connectivity index (χ1v) is 11.3. The minimum Gasteiger partial charge on any atom is -0.507 e. The van der Waals surface area contributed by atoms with E-state index in [1.807, 2.05) is 0 Å². The molecule has 0 radical (unpaired) electrons. The first-order valence-electron chi connectivity index (χ1n) is 11.3. The third-order valence-electron chi connectivity index (χ3n) is 6.00. The van der Waals surface area contributed by atoms with Gasteiger partial charge in [0.1, 0.15) is 11.5 Å². The fraction of sp³-hybridized carbons (Fsp3) is 0.179. The smallest absolute Gasteiger partial charge is 0.300 e. The normalized spacial score (nSPS) is 16.4. The van der Waals surface area contributed by atoms with Gasteiger partial charge in [-0.25, -0.2) is 0 Å². The summed E-state index contributed by atoms with van der Waals surface area (Å²) in [4.78, 5) is 39.4. The van der Waals surface area contributed by atoms with Gasteiger partial charge in [0.25, 0.3) is 11.7 Å². The van der Waals surface area contributed by atoms with E-state index in [-0.39, 0.29) is 17.2 Å². The number of benzene rings is 3. The molecule has 1 fully saturated rings. The van der Waals surface area contributed by atoms with Crippen molar-refractivity contribution in [2.75, 3.05) is 31.5 Å². The average molecular weight is 503 g/mol. The summed E-state index contributed by atoms with van der Waals surface area (Å²) in [6, 6.07) is 17.1. The molecule has 3 aromatic rings. The average Bonchev–Trinajstić information content (AvgIpc) is 3.18. The molecule has 0 unspecified atom stereocenters. The Balaban J connectivity index is 1.90. The monoisotopic (exact) mass is 502 g/mol. The van der Waals surface area contributed by atoms with Crippen molar-refractivity contribution in [2.45, 2.75) is 13.0 Å². The molecule has 0 aromatic heterocycles. The van der Waals surface area contributed by atoms with Gasteiger partial charge < -0.3 is 24.6 Å². The number of hydrogen-bond donors (Lipinski definition) is 2. The van der Waals surface area contributed by atoms with E-state index in [2.05, 4.69) is 5.32 Å². The summed E-state index contributed by atoms with van der Waals surface area (Å²) in [6.07, 6.45) is 0. The number of rotatable bonds is 7. The highest BCUT2D eigenvalue weighted by molar-refractivity contribution is 6.51. The largest absolute Gasteiger partial charge is 0.507 e. The Labute approximate surface area is 213 Å². The van der Waals surface area contributed by atoms with E-state index in [9.17, 15) is 19.5 Å². The van der Waals surface area contributed by atoms with Crippen LogP contribution in [0.5, 0.6) is 17.2 Å². The molecular formula is C28H26N2O7. The van der Waals surface area contributed by atoms with Crippen molar-refractivity contribution in [2.24, 2.45) is 0 Å². The molecule has 0 aliphatic carbocycles. The molecular weight excluding hydrogens is 476 g/mol. The van der Waals surface area contributed by atoms with Crippen LogP contribution in [-0.2, 0) is 14.4 Å². The van der Waals surface area contributed by atoms with Gasteiger partial charge in [-0.15, -0.1) is 0 Å². The minimum atomic E-state index is -0.964. The molecule has 0 bridgehead atoms. The van der Waals surface area contributed by atoms with Crippen molar-refractivity contribution in [1.82, 2.24) is 0 Å². The van der Waals surface area contributed by atoms with Crippen molar-refractivity contribution in [1.29, 1.82) is 0 Å². The lowest BCUT2D eigenvalue weighted by molar-refractivity contribution is -0.132. The second-order valence-corrected chi connectivity index (χ2v) is 8.24. The number of anilines is 2. The Bertz CT molecular complexity index is 1380. The van der Waals surface area contributed by atoms with E-state index < -0.39 is 17.7 Å². The number of aliphatic hydroxyl groups excluding tert-OH is 1. The highest BCUT2D eigenvalue weighted by Gasteiger charge is 2.47. The summed E-state index contributed by atoms with van der Waals surface area (Å²) in [5, 5.41) is 13.9. The maximum atomic E-state index is 13.4. The molecule has 9 heteroatoms. The molecule has 0 saturated carbocycles. The van der Waals surface area contributed by atoms with E-state index in [1.54, 1.807) is 66.7 Å². The quantitative estimate of drug-likeness (QED) is 0.281. The highest BCUT2D eigenvalue weighted by atomic mass is 16.5. The van der Waals surface area contributed by atoms with Crippen LogP contribution in [0.25, 0.3) is 5.76 Å². The van der Waals surface area contributed by atoms with Crippen molar-refractivity contribution in [3.8, 4) is 17.2 Å². The summed E-state index contributed by atoms with van der Waals surface area (Å²) in [5.74, 6) is -0.751. The van der Waals surface area contributed by atoms with Gasteiger partial charge in [0.05, 0.1) is 32.9 Å². The zero-order valence-corrected chi connectivity index (χ0v) is 20.8. The van der Waals surface area contributed by atoms with Crippen molar-refractivity contribution < 1.29 is 33.7 Å². The molecule has 1 atom stereocenters. The Hall–Kier alpha value is -4.79. The van der Waals surface area contributed by atoms with Crippen LogP contribution in [0.2, 0.25) is 0 Å². The molecule has 0 spiro atoms. The second-order valence-electron chi connectivity index (χ2n) is 8.24. The fourth-order valence-corrected chi connectivity index (χ4v) is 4.25. The van der Waals surface area contributed by atoms with Crippen molar-refractivity contribution in [3.05, 3.63) is 83.4 Å². The van der Waals surface area contributed by atoms with Gasteiger partial charge in [-0.05, 0) is 66.2 Å². The SMILES string of the molecule is COc1ccc(C(O)=C2C(=O)C(=O)N(c3ccc(NC(C)=O)cc3)[C@H]2c2ccc(OC)c(OC)c2)cc1. The molecule has 9 nitrogen and oxygen atoms in total. The Kier molecular flexibility index (Phi) is 7.15. The number of aliphatic hydroxyl groups is 1. The number of carbonyl (C=O) groups is 3. The van der Waals surface area contributed by atoms with Gasteiger partial charge >= 0.3 is 0 Å². The Morgan fingerprint density at radius 1 is 0.865 bits per heavy atom. The van der Waals surface area contributed by atoms with Crippen LogP contribution < -0.4 is 24.4 Å². The molecule has 37 heavy (non-hydrogen) atoms. The lowest BCUT2D eigenvalue weighted by Gasteiger charge is -2.26. The van der Waals surface area contributed by atoms with E-state index in [1.165, 1.54) is 33.2 Å². The first kappa shape index (κ1) is 25.3. The van der Waals surface area contributed by atoms with E-state index >= 15 is 0 Å². The maximum Gasteiger partial charge on any atom is 0.300 e. The van der Waals surface area contributed by atoms with Crippen LogP contribution in [0.1, 0.15) is 24.1 Å². The van der Waals surface area contributed by atoms with Crippen molar-refractivity contribution >= 4 is 34.7 Å². The van der Waals surface area contributed by atoms with Crippen LogP contribution in [0.3, 0.4) is 0 Å². The van der Waals surface area contributed by atoms with Crippen LogP contribution in [0, 0.1) is 0 Å². The van der Waals surface area contributed by atoms with Gasteiger partial charge in [0.2, 0.25) is 5.91 Å². The lowest BCUT2D eigenvalue weighted by atomic mass is 9.94. The molecule has 1 heterocycles. The zero-order valence-electron chi connectivity index (χ0n) is 20.8. The summed E-state index contributed by atoms with van der Waals surface area (Å²) in [7, 11) is 4.51. The predicted octanol–water partition coefficient (Wildman–Crippen LogP) is 4.30. The number of methoxy groups -OCH3 is 3. The van der Waals surface area contributed by atoms with Crippen LogP contribution >= 0.6 is 0 Å². The van der Waals surface area contributed by atoms with Gasteiger partial charge in [0.15, 0.2) is 11.5 Å². The standard InChI is InChI=1S/C28H26N2O7/c1-16(31)29-19-8-10-20(11-9-19)30-25(18-7-14-22(36-3)23(15-18)37-4)24(27(33)28(30)34)26(32)17-5-12-21(35-2)13-6-17/h5-15,25,32H,1-4H3,(H,29,31)/t25-/m0/s1. The highest BCUT2D eigenvalue weighted by Crippen LogP contribution is 2.44. The molecule has 1 aliphatic rings. The summed E-state index contributed by atoms with van der Waals surface area (Å²) < 4.78 is 16.0. The maximum absolute atomic E-state index is 13.4. The first-order chi connectivity index (χ1) is 17.8. The van der Waals surface area contributed by atoms with E-state index in [4.69, 9.17) is 14.2 Å². The molecule has 2 N–H and O–H groups in total. The van der Waals surface area contributed by atoms with Crippen LogP contribution in [0.15, 0.2) is 72.3 Å². The van der Waals surface area contributed by atoms with Gasteiger partial charge in [-0.3, -0.25) is 19.3 Å². The Morgan fingerprint density at radius 3 is 2.08 bits per heavy atom. The van der Waals surface area contributed by atoms with Crippen molar-refractivity contribution in [3.63, 3.8) is 0 Å². The number of Topliss-reactive ketones (excluding diaryl/α,β-unsaturated/α-hetero) is 1. The predicted molar refractivity (Wildman–Crippen MR) is 138 cm³/mol. The van der Waals surface area contributed by atoms with E-state index in [0.717, 1.165) is 0 Å². The molecule has 190 valence electrons. The number of nitrogens with one attached hydrogen (secondary N) is 1. The fourth-order valence-electron chi connectivity index (χ4n) is 4.25. The lowest BCUT2D eigenvalue weighted by Crippen LogP contribution is -2.29.